The molecule has 0 spiro atoms. The van der Waals surface area contributed by atoms with Crippen LogP contribution in [0.15, 0.2) is 65.8 Å². The molecule has 140 valence electrons. The molecule has 1 aliphatic heterocycles. The number of nitrogens with zero attached hydrogens (tertiary/aromatic N) is 2. The molecule has 6 nitrogen and oxygen atoms in total. The number of alkyl carbamates (subject to hydrolysis) is 1. The number of ether oxygens (including phenoxy) is 1. The molecule has 0 radical (unpaired) electrons. The Labute approximate surface area is 158 Å². The molecule has 2 aromatic carbocycles. The molecule has 2 amide bonds. The van der Waals surface area contributed by atoms with E-state index in [1.165, 1.54) is 5.01 Å². The van der Waals surface area contributed by atoms with Crippen molar-refractivity contribution in [2.45, 2.75) is 32.4 Å². The number of hydrogen-bond acceptors (Lipinski definition) is 4. The number of β-lactam (4-membered cyclic amide) rings is 1. The second kappa shape index (κ2) is 7.61. The topological polar surface area (TPSA) is 71.0 Å². The van der Waals surface area contributed by atoms with Gasteiger partial charge in [-0.15, -0.1) is 0 Å². The van der Waals surface area contributed by atoms with Crippen LogP contribution < -0.4 is 5.32 Å². The third kappa shape index (κ3) is 4.73. The fraction of sp³-hybridized carbons (Fsp3) is 0.286. The third-order valence-electron chi connectivity index (χ3n) is 3.91. The molecular weight excluding hydrogens is 342 g/mol. The van der Waals surface area contributed by atoms with Gasteiger partial charge < -0.3 is 10.1 Å². The highest BCUT2D eigenvalue weighted by molar-refractivity contribution is 6.13. The Bertz CT molecular complexity index is 800. The lowest BCUT2D eigenvalue weighted by atomic mass is 10.0. The van der Waals surface area contributed by atoms with Crippen molar-refractivity contribution in [1.29, 1.82) is 0 Å². The molecule has 1 fully saturated rings. The number of carbonyl (C=O) groups excluding carboxylic acids is 2. The summed E-state index contributed by atoms with van der Waals surface area (Å²) in [6.07, 6.45) is -0.601. The second-order valence-corrected chi connectivity index (χ2v) is 7.30. The molecule has 6 heteroatoms. The van der Waals surface area contributed by atoms with Crippen LogP contribution in [0.25, 0.3) is 0 Å². The smallest absolute Gasteiger partial charge is 0.408 e. The molecule has 0 aliphatic carbocycles. The van der Waals surface area contributed by atoms with Crippen molar-refractivity contribution in [2.75, 3.05) is 6.54 Å². The lowest BCUT2D eigenvalue weighted by molar-refractivity contribution is -0.143. The first kappa shape index (κ1) is 18.6. The van der Waals surface area contributed by atoms with Crippen molar-refractivity contribution in [3.05, 3.63) is 71.8 Å². The van der Waals surface area contributed by atoms with Crippen molar-refractivity contribution < 1.29 is 14.3 Å². The highest BCUT2D eigenvalue weighted by Gasteiger charge is 2.39. The van der Waals surface area contributed by atoms with Crippen molar-refractivity contribution in [3.63, 3.8) is 0 Å². The van der Waals surface area contributed by atoms with Gasteiger partial charge in [-0.3, -0.25) is 4.79 Å². The molecule has 1 atom stereocenters. The fourth-order valence-corrected chi connectivity index (χ4v) is 2.65. The van der Waals surface area contributed by atoms with Gasteiger partial charge >= 0.3 is 6.09 Å². The van der Waals surface area contributed by atoms with E-state index in [0.29, 0.717) is 12.3 Å². The molecule has 0 aromatic heterocycles. The maximum absolute atomic E-state index is 12.4. The Morgan fingerprint density at radius 3 is 2.00 bits per heavy atom. The summed E-state index contributed by atoms with van der Waals surface area (Å²) < 4.78 is 5.19. The Morgan fingerprint density at radius 2 is 1.56 bits per heavy atom. The summed E-state index contributed by atoms with van der Waals surface area (Å²) in [5, 5.41) is 8.50. The summed E-state index contributed by atoms with van der Waals surface area (Å²) in [4.78, 5) is 24.2. The van der Waals surface area contributed by atoms with Gasteiger partial charge in [-0.25, -0.2) is 9.80 Å². The summed E-state index contributed by atoms with van der Waals surface area (Å²) in [6.45, 7) is 5.63. The molecule has 1 heterocycles. The zero-order valence-electron chi connectivity index (χ0n) is 15.7. The van der Waals surface area contributed by atoms with E-state index in [0.717, 1.165) is 11.1 Å². The summed E-state index contributed by atoms with van der Waals surface area (Å²) >= 11 is 0. The Morgan fingerprint density at radius 1 is 1.04 bits per heavy atom. The number of hydrazone groups is 1. The number of rotatable bonds is 4. The van der Waals surface area contributed by atoms with Crippen molar-refractivity contribution in [3.8, 4) is 0 Å². The summed E-state index contributed by atoms with van der Waals surface area (Å²) in [7, 11) is 0. The monoisotopic (exact) mass is 365 g/mol. The van der Waals surface area contributed by atoms with Crippen LogP contribution in [0, 0.1) is 0 Å². The maximum Gasteiger partial charge on any atom is 0.408 e. The Kier molecular flexibility index (Phi) is 5.26. The van der Waals surface area contributed by atoms with Gasteiger partial charge in [-0.1, -0.05) is 60.7 Å². The lowest BCUT2D eigenvalue weighted by Crippen LogP contribution is -2.62. The largest absolute Gasteiger partial charge is 0.444 e. The van der Waals surface area contributed by atoms with E-state index in [9.17, 15) is 9.59 Å². The predicted octanol–water partition coefficient (Wildman–Crippen LogP) is 3.17. The van der Waals surface area contributed by atoms with E-state index in [2.05, 4.69) is 10.4 Å². The number of nitrogens with one attached hydrogen (secondary N) is 1. The number of hydrogen-bond donors (Lipinski definition) is 1. The maximum atomic E-state index is 12.4. The quantitative estimate of drug-likeness (QED) is 0.668. The van der Waals surface area contributed by atoms with Gasteiger partial charge in [0.05, 0.1) is 12.3 Å². The molecular formula is C21H23N3O3. The normalized spacial score (nSPS) is 16.3. The van der Waals surface area contributed by atoms with Gasteiger partial charge in [0.15, 0.2) is 0 Å². The summed E-state index contributed by atoms with van der Waals surface area (Å²) in [5.41, 5.74) is 1.93. The second-order valence-electron chi connectivity index (χ2n) is 7.30. The zero-order valence-corrected chi connectivity index (χ0v) is 15.7. The molecule has 1 N–H and O–H groups in total. The van der Waals surface area contributed by atoms with Crippen LogP contribution in [0.4, 0.5) is 4.79 Å². The van der Waals surface area contributed by atoms with E-state index in [4.69, 9.17) is 4.74 Å². The van der Waals surface area contributed by atoms with E-state index in [1.54, 1.807) is 20.8 Å². The highest BCUT2D eigenvalue weighted by atomic mass is 16.6. The molecule has 0 unspecified atom stereocenters. The van der Waals surface area contributed by atoms with Crippen molar-refractivity contribution >= 4 is 17.7 Å². The van der Waals surface area contributed by atoms with Crippen LogP contribution in [0.5, 0.6) is 0 Å². The highest BCUT2D eigenvalue weighted by Crippen LogP contribution is 2.17. The molecule has 1 saturated heterocycles. The van der Waals surface area contributed by atoms with Gasteiger partial charge in [-0.2, -0.15) is 5.10 Å². The average molecular weight is 365 g/mol. The average Bonchev–Trinajstić information content (AvgIpc) is 2.64. The number of benzene rings is 2. The van der Waals surface area contributed by atoms with Gasteiger partial charge in [0.2, 0.25) is 0 Å². The van der Waals surface area contributed by atoms with Crippen molar-refractivity contribution in [1.82, 2.24) is 10.3 Å². The Balaban J connectivity index is 1.74. The first-order valence-corrected chi connectivity index (χ1v) is 8.84. The van der Waals surface area contributed by atoms with E-state index in [1.807, 2.05) is 60.7 Å². The van der Waals surface area contributed by atoms with Gasteiger partial charge in [0, 0.05) is 11.1 Å². The van der Waals surface area contributed by atoms with E-state index < -0.39 is 17.7 Å². The molecule has 27 heavy (non-hydrogen) atoms. The molecule has 0 saturated carbocycles. The minimum absolute atomic E-state index is 0.259. The van der Waals surface area contributed by atoms with E-state index >= 15 is 0 Å². The lowest BCUT2D eigenvalue weighted by Gasteiger charge is -2.35. The van der Waals surface area contributed by atoms with Gasteiger partial charge in [-0.05, 0) is 20.8 Å². The number of amides is 2. The van der Waals surface area contributed by atoms with E-state index in [-0.39, 0.29) is 5.91 Å². The van der Waals surface area contributed by atoms with Crippen LogP contribution in [-0.4, -0.2) is 40.9 Å². The zero-order chi connectivity index (χ0) is 19.4. The molecule has 0 bridgehead atoms. The van der Waals surface area contributed by atoms with Gasteiger partial charge in [0.1, 0.15) is 11.6 Å². The van der Waals surface area contributed by atoms with Crippen LogP contribution in [-0.2, 0) is 9.53 Å². The van der Waals surface area contributed by atoms with Crippen LogP contribution in [0.3, 0.4) is 0 Å². The summed E-state index contributed by atoms with van der Waals surface area (Å²) in [5.74, 6) is -0.259. The van der Waals surface area contributed by atoms with Crippen LogP contribution >= 0.6 is 0 Å². The predicted molar refractivity (Wildman–Crippen MR) is 103 cm³/mol. The van der Waals surface area contributed by atoms with Gasteiger partial charge in [0.25, 0.3) is 5.91 Å². The third-order valence-corrected chi connectivity index (χ3v) is 3.91. The molecule has 3 rings (SSSR count). The van der Waals surface area contributed by atoms with Crippen LogP contribution in [0.1, 0.15) is 31.9 Å². The Hall–Kier alpha value is -3.15. The minimum Gasteiger partial charge on any atom is -0.444 e. The first-order valence-electron chi connectivity index (χ1n) is 8.84. The van der Waals surface area contributed by atoms with Crippen molar-refractivity contribution in [2.24, 2.45) is 5.10 Å². The first-order chi connectivity index (χ1) is 12.8. The number of carbonyl (C=O) groups is 2. The standard InChI is InChI=1S/C21H23N3O3/c1-21(2,3)27-20(26)22-17-14-24(19(17)25)23-18(15-10-6-4-7-11-15)16-12-8-5-9-13-16/h4-13,17H,14H2,1-3H3,(H,22,26)/t17-/m0/s1. The summed E-state index contributed by atoms with van der Waals surface area (Å²) in [6, 6.07) is 18.8. The molecule has 1 aliphatic rings. The molecule has 2 aromatic rings. The SMILES string of the molecule is CC(C)(C)OC(=O)N[C@H]1CN(N=C(c2ccccc2)c2ccccc2)C1=O. The fourth-order valence-electron chi connectivity index (χ4n) is 2.65. The van der Waals surface area contributed by atoms with Crippen LogP contribution in [0.2, 0.25) is 0 Å². The minimum atomic E-state index is -0.614.